The van der Waals surface area contributed by atoms with Crippen LogP contribution in [0.15, 0.2) is 42.5 Å². The zero-order chi connectivity index (χ0) is 11.9. The van der Waals surface area contributed by atoms with Crippen molar-refractivity contribution in [1.29, 1.82) is 0 Å². The van der Waals surface area contributed by atoms with Crippen LogP contribution in [0.1, 0.15) is 24.0 Å². The predicted molar refractivity (Wildman–Crippen MR) is 66.0 cm³/mol. The number of hydrogen-bond donors (Lipinski definition) is 1. The number of rotatable bonds is 0. The fourth-order valence-electron chi connectivity index (χ4n) is 2.87. The van der Waals surface area contributed by atoms with Crippen molar-refractivity contribution in [2.45, 2.75) is 24.7 Å². The van der Waals surface area contributed by atoms with Gasteiger partial charge in [-0.05, 0) is 54.7 Å². The van der Waals surface area contributed by atoms with Crippen LogP contribution in [-0.2, 0) is 16.6 Å². The van der Waals surface area contributed by atoms with E-state index in [1.807, 2.05) is 24.3 Å². The SMILES string of the molecule is O=C1C=CC2(C=C1)CCCc1cc(O)ccc12. The van der Waals surface area contributed by atoms with Gasteiger partial charge in [-0.2, -0.15) is 0 Å². The van der Waals surface area contributed by atoms with Gasteiger partial charge >= 0.3 is 0 Å². The number of ketones is 1. The molecule has 1 N–H and O–H groups in total. The van der Waals surface area contributed by atoms with Crippen molar-refractivity contribution in [2.75, 3.05) is 0 Å². The van der Waals surface area contributed by atoms with Crippen molar-refractivity contribution in [1.82, 2.24) is 0 Å². The summed E-state index contributed by atoms with van der Waals surface area (Å²) in [5.41, 5.74) is 2.29. The van der Waals surface area contributed by atoms with E-state index in [0.717, 1.165) is 19.3 Å². The van der Waals surface area contributed by atoms with Gasteiger partial charge in [0.2, 0.25) is 0 Å². The number of carbonyl (C=O) groups is 1. The molecule has 0 heterocycles. The molecule has 0 radical (unpaired) electrons. The Morgan fingerprint density at radius 2 is 1.94 bits per heavy atom. The van der Waals surface area contributed by atoms with Crippen LogP contribution in [0.3, 0.4) is 0 Å². The van der Waals surface area contributed by atoms with Gasteiger partial charge < -0.3 is 5.11 Å². The van der Waals surface area contributed by atoms with Crippen molar-refractivity contribution in [3.05, 3.63) is 53.6 Å². The summed E-state index contributed by atoms with van der Waals surface area (Å²) in [5.74, 6) is 0.377. The standard InChI is InChI=1S/C15H14O2/c16-12-5-8-15(9-6-12)7-1-2-11-10-13(17)3-4-14(11)15/h3-6,8-10,17H,1-2,7H2. The lowest BCUT2D eigenvalue weighted by Gasteiger charge is -2.35. The third kappa shape index (κ3) is 1.60. The second-order valence-corrected chi connectivity index (χ2v) is 4.80. The average molecular weight is 226 g/mol. The van der Waals surface area contributed by atoms with Crippen molar-refractivity contribution < 1.29 is 9.90 Å². The van der Waals surface area contributed by atoms with E-state index >= 15 is 0 Å². The van der Waals surface area contributed by atoms with E-state index in [1.165, 1.54) is 11.1 Å². The first-order valence-electron chi connectivity index (χ1n) is 5.94. The molecule has 0 saturated carbocycles. The van der Waals surface area contributed by atoms with Crippen molar-refractivity contribution in [3.8, 4) is 5.75 Å². The lowest BCUT2D eigenvalue weighted by atomic mass is 9.68. The summed E-state index contributed by atoms with van der Waals surface area (Å²) in [5, 5.41) is 9.53. The number of phenols is 1. The number of hydrogen-bond acceptors (Lipinski definition) is 2. The van der Waals surface area contributed by atoms with Gasteiger partial charge in [0.25, 0.3) is 0 Å². The molecule has 1 aromatic rings. The van der Waals surface area contributed by atoms with Crippen molar-refractivity contribution in [2.24, 2.45) is 0 Å². The number of allylic oxidation sites excluding steroid dienone is 4. The molecule has 2 nitrogen and oxygen atoms in total. The molecular weight excluding hydrogens is 212 g/mol. The molecule has 3 rings (SSSR count). The molecule has 2 aliphatic rings. The molecule has 0 amide bonds. The maximum Gasteiger partial charge on any atom is 0.178 e. The van der Waals surface area contributed by atoms with Crippen LogP contribution in [0.25, 0.3) is 0 Å². The van der Waals surface area contributed by atoms with Crippen LogP contribution < -0.4 is 0 Å². The summed E-state index contributed by atoms with van der Waals surface area (Å²) in [6.45, 7) is 0. The van der Waals surface area contributed by atoms with Gasteiger partial charge in [-0.1, -0.05) is 18.2 Å². The first-order chi connectivity index (χ1) is 8.20. The Hall–Kier alpha value is -1.83. The van der Waals surface area contributed by atoms with Crippen LogP contribution >= 0.6 is 0 Å². The van der Waals surface area contributed by atoms with Crippen molar-refractivity contribution >= 4 is 5.78 Å². The molecule has 0 saturated heterocycles. The van der Waals surface area contributed by atoms with Gasteiger partial charge in [-0.25, -0.2) is 0 Å². The monoisotopic (exact) mass is 226 g/mol. The van der Waals surface area contributed by atoms with E-state index in [2.05, 4.69) is 0 Å². The molecule has 1 spiro atoms. The number of phenolic OH excluding ortho intramolecular Hbond substituents is 1. The van der Waals surface area contributed by atoms with Gasteiger partial charge in [-0.15, -0.1) is 0 Å². The minimum absolute atomic E-state index is 0.0570. The summed E-state index contributed by atoms with van der Waals surface area (Å²) in [6.07, 6.45) is 10.4. The maximum absolute atomic E-state index is 11.2. The van der Waals surface area contributed by atoms with E-state index in [9.17, 15) is 9.90 Å². The van der Waals surface area contributed by atoms with Crippen molar-refractivity contribution in [3.63, 3.8) is 0 Å². The molecule has 2 heteroatoms. The number of aromatic hydroxyl groups is 1. The normalized spacial score (nSPS) is 20.6. The fraction of sp³-hybridized carbons (Fsp3) is 0.267. The number of carbonyl (C=O) groups excluding carboxylic acids is 1. The Kier molecular flexibility index (Phi) is 2.18. The highest BCUT2D eigenvalue weighted by molar-refractivity contribution is 6.00. The number of fused-ring (bicyclic) bond motifs is 2. The first-order valence-corrected chi connectivity index (χ1v) is 5.94. The number of benzene rings is 1. The minimum Gasteiger partial charge on any atom is -0.508 e. The highest BCUT2D eigenvalue weighted by Gasteiger charge is 2.33. The largest absolute Gasteiger partial charge is 0.508 e. The lowest BCUT2D eigenvalue weighted by molar-refractivity contribution is -0.110. The van der Waals surface area contributed by atoms with Crippen LogP contribution in [0.4, 0.5) is 0 Å². The third-order valence-electron chi connectivity index (χ3n) is 3.72. The van der Waals surface area contributed by atoms with Crippen LogP contribution in [-0.4, -0.2) is 10.9 Å². The Balaban J connectivity index is 2.14. The van der Waals surface area contributed by atoms with E-state index in [0.29, 0.717) is 5.75 Å². The Morgan fingerprint density at radius 3 is 2.71 bits per heavy atom. The Bertz CT molecular complexity index is 522. The summed E-state index contributed by atoms with van der Waals surface area (Å²) in [7, 11) is 0. The van der Waals surface area contributed by atoms with Crippen LogP contribution in [0.5, 0.6) is 5.75 Å². The van der Waals surface area contributed by atoms with Crippen LogP contribution in [0, 0.1) is 0 Å². The molecular formula is C15H14O2. The van der Waals surface area contributed by atoms with Gasteiger partial charge in [-0.3, -0.25) is 4.79 Å². The minimum atomic E-state index is -0.130. The smallest absolute Gasteiger partial charge is 0.178 e. The molecule has 1 aromatic carbocycles. The molecule has 0 aromatic heterocycles. The zero-order valence-electron chi connectivity index (χ0n) is 9.52. The molecule has 0 fully saturated rings. The average Bonchev–Trinajstić information content (AvgIpc) is 2.33. The topological polar surface area (TPSA) is 37.3 Å². The quantitative estimate of drug-likeness (QED) is 0.738. The second-order valence-electron chi connectivity index (χ2n) is 4.80. The molecule has 0 bridgehead atoms. The van der Waals surface area contributed by atoms with Crippen LogP contribution in [0.2, 0.25) is 0 Å². The molecule has 0 aliphatic heterocycles. The summed E-state index contributed by atoms with van der Waals surface area (Å²) in [4.78, 5) is 11.2. The molecule has 0 unspecified atom stereocenters. The molecule has 86 valence electrons. The van der Waals surface area contributed by atoms with Gasteiger partial charge in [0.15, 0.2) is 5.78 Å². The number of aryl methyl sites for hydroxylation is 1. The van der Waals surface area contributed by atoms with E-state index < -0.39 is 0 Å². The van der Waals surface area contributed by atoms with E-state index in [4.69, 9.17) is 0 Å². The highest BCUT2D eigenvalue weighted by Crippen LogP contribution is 2.42. The first kappa shape index (κ1) is 10.3. The lowest BCUT2D eigenvalue weighted by Crippen LogP contribution is -2.28. The van der Waals surface area contributed by atoms with Gasteiger partial charge in [0.1, 0.15) is 5.75 Å². The highest BCUT2D eigenvalue weighted by atomic mass is 16.3. The summed E-state index contributed by atoms with van der Waals surface area (Å²) >= 11 is 0. The Morgan fingerprint density at radius 1 is 1.18 bits per heavy atom. The molecule has 2 aliphatic carbocycles. The summed E-state index contributed by atoms with van der Waals surface area (Å²) in [6, 6.07) is 5.55. The van der Waals surface area contributed by atoms with Gasteiger partial charge in [0, 0.05) is 5.41 Å². The maximum atomic E-state index is 11.2. The molecule has 17 heavy (non-hydrogen) atoms. The third-order valence-corrected chi connectivity index (χ3v) is 3.72. The van der Waals surface area contributed by atoms with Gasteiger partial charge in [0.05, 0.1) is 0 Å². The summed E-state index contributed by atoms with van der Waals surface area (Å²) < 4.78 is 0. The Labute approximate surface area is 100 Å². The van der Waals surface area contributed by atoms with E-state index in [-0.39, 0.29) is 11.2 Å². The van der Waals surface area contributed by atoms with E-state index in [1.54, 1.807) is 18.2 Å². The predicted octanol–water partition coefficient (Wildman–Crippen LogP) is 2.66. The zero-order valence-corrected chi connectivity index (χ0v) is 9.52. The molecule has 0 atom stereocenters. The fourth-order valence-corrected chi connectivity index (χ4v) is 2.87. The second kappa shape index (κ2) is 3.59.